The van der Waals surface area contributed by atoms with E-state index in [9.17, 15) is 0 Å². The summed E-state index contributed by atoms with van der Waals surface area (Å²) in [6.07, 6.45) is 1.07. The topological polar surface area (TPSA) is 27.7 Å². The van der Waals surface area contributed by atoms with Gasteiger partial charge in [0.15, 0.2) is 0 Å². The van der Waals surface area contributed by atoms with E-state index in [0.717, 1.165) is 6.42 Å². The maximum atomic E-state index is 5.67. The van der Waals surface area contributed by atoms with Crippen LogP contribution in [0.25, 0.3) is 0 Å². The van der Waals surface area contributed by atoms with E-state index in [1.807, 2.05) is 6.92 Å². The molecule has 0 heterocycles. The van der Waals surface area contributed by atoms with Crippen LogP contribution in [0.1, 0.15) is 13.3 Å². The van der Waals surface area contributed by atoms with Crippen molar-refractivity contribution in [2.75, 3.05) is 44.8 Å². The third kappa shape index (κ3) is 10.7. The highest BCUT2D eigenvalue weighted by Gasteiger charge is 2.03. The standard InChI is InChI=1S/C10H20Cl2O3/c1-2-10(9-12)15-8-7-14-6-5-13-4-3-11/h10H,2-9H2,1H3/t10-/m1/s1. The molecule has 0 saturated carbocycles. The zero-order valence-corrected chi connectivity index (χ0v) is 10.7. The molecule has 0 fully saturated rings. The van der Waals surface area contributed by atoms with Crippen LogP contribution in [0.3, 0.4) is 0 Å². The second kappa shape index (κ2) is 12.5. The Labute approximate surface area is 102 Å². The van der Waals surface area contributed by atoms with Crippen molar-refractivity contribution in [3.05, 3.63) is 0 Å². The molecule has 0 unspecified atom stereocenters. The smallest absolute Gasteiger partial charge is 0.0708 e. The Morgan fingerprint density at radius 2 is 1.53 bits per heavy atom. The van der Waals surface area contributed by atoms with Crippen LogP contribution in [0.15, 0.2) is 0 Å². The highest BCUT2D eigenvalue weighted by atomic mass is 35.5. The van der Waals surface area contributed by atoms with Gasteiger partial charge in [0.1, 0.15) is 0 Å². The van der Waals surface area contributed by atoms with Crippen LogP contribution in [0.5, 0.6) is 0 Å². The van der Waals surface area contributed by atoms with Crippen molar-refractivity contribution in [3.63, 3.8) is 0 Å². The number of ether oxygens (including phenoxy) is 3. The summed E-state index contributed by atoms with van der Waals surface area (Å²) in [5.41, 5.74) is 0. The zero-order valence-electron chi connectivity index (χ0n) is 9.21. The molecule has 0 aliphatic carbocycles. The molecular weight excluding hydrogens is 239 g/mol. The summed E-state index contributed by atoms with van der Waals surface area (Å²) >= 11 is 11.1. The van der Waals surface area contributed by atoms with E-state index >= 15 is 0 Å². The maximum Gasteiger partial charge on any atom is 0.0708 e. The molecule has 0 saturated heterocycles. The van der Waals surface area contributed by atoms with Crippen molar-refractivity contribution in [3.8, 4) is 0 Å². The van der Waals surface area contributed by atoms with E-state index < -0.39 is 0 Å². The molecule has 0 aromatic heterocycles. The highest BCUT2D eigenvalue weighted by Crippen LogP contribution is 1.99. The molecule has 0 aromatic carbocycles. The Kier molecular flexibility index (Phi) is 12.9. The molecule has 0 N–H and O–H groups in total. The first-order valence-corrected chi connectivity index (χ1v) is 6.31. The first kappa shape index (κ1) is 15.5. The van der Waals surface area contributed by atoms with Gasteiger partial charge < -0.3 is 14.2 Å². The fraction of sp³-hybridized carbons (Fsp3) is 1.00. The Balaban J connectivity index is 3.04. The lowest BCUT2D eigenvalue weighted by atomic mass is 10.3. The monoisotopic (exact) mass is 258 g/mol. The largest absolute Gasteiger partial charge is 0.378 e. The Morgan fingerprint density at radius 3 is 2.07 bits per heavy atom. The second-order valence-electron chi connectivity index (χ2n) is 2.97. The molecule has 0 aliphatic heterocycles. The molecule has 5 heteroatoms. The normalized spacial score (nSPS) is 13.0. The average molecular weight is 259 g/mol. The lowest BCUT2D eigenvalue weighted by Crippen LogP contribution is -2.17. The van der Waals surface area contributed by atoms with E-state index in [1.54, 1.807) is 0 Å². The van der Waals surface area contributed by atoms with Gasteiger partial charge >= 0.3 is 0 Å². The minimum Gasteiger partial charge on any atom is -0.378 e. The van der Waals surface area contributed by atoms with Gasteiger partial charge in [-0.1, -0.05) is 6.92 Å². The molecule has 0 bridgehead atoms. The van der Waals surface area contributed by atoms with Crippen molar-refractivity contribution in [1.29, 1.82) is 0 Å². The summed E-state index contributed by atoms with van der Waals surface area (Å²) in [5.74, 6) is 1.06. The van der Waals surface area contributed by atoms with E-state index in [0.29, 0.717) is 44.8 Å². The molecule has 15 heavy (non-hydrogen) atoms. The summed E-state index contributed by atoms with van der Waals surface area (Å²) < 4.78 is 15.9. The minimum absolute atomic E-state index is 0.141. The van der Waals surface area contributed by atoms with Gasteiger partial charge in [0.2, 0.25) is 0 Å². The minimum atomic E-state index is 0.141. The summed E-state index contributed by atoms with van der Waals surface area (Å²) in [4.78, 5) is 0. The Morgan fingerprint density at radius 1 is 0.933 bits per heavy atom. The Bertz CT molecular complexity index is 121. The lowest BCUT2D eigenvalue weighted by molar-refractivity contribution is -0.00439. The second-order valence-corrected chi connectivity index (χ2v) is 3.66. The molecule has 0 amide bonds. The van der Waals surface area contributed by atoms with Crippen LogP contribution >= 0.6 is 23.2 Å². The number of alkyl halides is 2. The number of rotatable bonds is 11. The van der Waals surface area contributed by atoms with Crippen LogP contribution in [0.2, 0.25) is 0 Å². The molecule has 0 rings (SSSR count). The molecule has 92 valence electrons. The lowest BCUT2D eigenvalue weighted by Gasteiger charge is -2.12. The summed E-state index contributed by atoms with van der Waals surface area (Å²) in [6.45, 7) is 4.95. The zero-order chi connectivity index (χ0) is 11.4. The fourth-order valence-corrected chi connectivity index (χ4v) is 1.34. The molecule has 3 nitrogen and oxygen atoms in total. The predicted octanol–water partition coefficient (Wildman–Crippen LogP) is 2.29. The van der Waals surface area contributed by atoms with Crippen LogP contribution in [-0.2, 0) is 14.2 Å². The molecule has 0 radical (unpaired) electrons. The number of halogens is 2. The van der Waals surface area contributed by atoms with Gasteiger partial charge in [0.25, 0.3) is 0 Å². The van der Waals surface area contributed by atoms with Crippen LogP contribution in [-0.4, -0.2) is 50.9 Å². The van der Waals surface area contributed by atoms with E-state index in [2.05, 4.69) is 0 Å². The summed E-state index contributed by atoms with van der Waals surface area (Å²) in [5, 5.41) is 0. The van der Waals surface area contributed by atoms with Gasteiger partial charge in [-0.2, -0.15) is 0 Å². The predicted molar refractivity (Wildman–Crippen MR) is 63.1 cm³/mol. The Hall–Kier alpha value is 0.460. The average Bonchev–Trinajstić information content (AvgIpc) is 2.27. The van der Waals surface area contributed by atoms with Gasteiger partial charge in [0, 0.05) is 11.8 Å². The summed E-state index contributed by atoms with van der Waals surface area (Å²) in [6, 6.07) is 0. The van der Waals surface area contributed by atoms with Gasteiger partial charge in [-0.3, -0.25) is 0 Å². The third-order valence-corrected chi connectivity index (χ3v) is 2.30. The van der Waals surface area contributed by atoms with Gasteiger partial charge in [0.05, 0.1) is 39.1 Å². The van der Waals surface area contributed by atoms with E-state index in [4.69, 9.17) is 37.4 Å². The van der Waals surface area contributed by atoms with Crippen molar-refractivity contribution < 1.29 is 14.2 Å². The molecule has 1 atom stereocenters. The van der Waals surface area contributed by atoms with Crippen molar-refractivity contribution in [2.45, 2.75) is 19.4 Å². The van der Waals surface area contributed by atoms with Crippen molar-refractivity contribution >= 4 is 23.2 Å². The van der Waals surface area contributed by atoms with E-state index in [1.165, 1.54) is 0 Å². The first-order chi connectivity index (χ1) is 7.35. The quantitative estimate of drug-likeness (QED) is 0.421. The highest BCUT2D eigenvalue weighted by molar-refractivity contribution is 6.18. The SMILES string of the molecule is CC[C@H](CCl)OCCOCCOCCCl. The molecule has 0 aromatic rings. The third-order valence-electron chi connectivity index (χ3n) is 1.80. The molecule has 0 spiro atoms. The van der Waals surface area contributed by atoms with Gasteiger partial charge in [-0.05, 0) is 6.42 Å². The maximum absolute atomic E-state index is 5.67. The summed E-state index contributed by atoms with van der Waals surface area (Å²) in [7, 11) is 0. The number of hydrogen-bond acceptors (Lipinski definition) is 3. The van der Waals surface area contributed by atoms with Gasteiger partial charge in [-0.25, -0.2) is 0 Å². The van der Waals surface area contributed by atoms with Crippen LogP contribution < -0.4 is 0 Å². The number of hydrogen-bond donors (Lipinski definition) is 0. The van der Waals surface area contributed by atoms with Crippen LogP contribution in [0.4, 0.5) is 0 Å². The first-order valence-electron chi connectivity index (χ1n) is 5.24. The van der Waals surface area contributed by atoms with Gasteiger partial charge in [-0.15, -0.1) is 23.2 Å². The van der Waals surface area contributed by atoms with Crippen molar-refractivity contribution in [1.82, 2.24) is 0 Å². The van der Waals surface area contributed by atoms with Crippen LogP contribution in [0, 0.1) is 0 Å². The van der Waals surface area contributed by atoms with E-state index in [-0.39, 0.29) is 6.10 Å². The molecule has 0 aliphatic rings. The molecular formula is C10H20Cl2O3. The fourth-order valence-electron chi connectivity index (χ4n) is 0.922. The van der Waals surface area contributed by atoms with Crippen molar-refractivity contribution in [2.24, 2.45) is 0 Å².